The average molecular weight is 315 g/mol. The largest absolute Gasteiger partial charge is 0.383 e. The van der Waals surface area contributed by atoms with Crippen LogP contribution in [-0.2, 0) is 9.53 Å². The standard InChI is InChI=1S/C13H19ClN4O3/c1-3-15-11-6-9(10(14)7-17-11)13(20)18-8-12(19)16-4-5-21-2/h6-7H,3-5,8H2,1-2H3,(H,15,17)(H,16,19)(H,18,20). The molecule has 1 heterocycles. The summed E-state index contributed by atoms with van der Waals surface area (Å²) in [6, 6.07) is 1.55. The van der Waals surface area contributed by atoms with E-state index in [2.05, 4.69) is 20.9 Å². The maximum Gasteiger partial charge on any atom is 0.253 e. The molecular formula is C13H19ClN4O3. The van der Waals surface area contributed by atoms with Gasteiger partial charge in [-0.05, 0) is 13.0 Å². The lowest BCUT2D eigenvalue weighted by atomic mass is 10.2. The van der Waals surface area contributed by atoms with E-state index in [1.165, 1.54) is 6.20 Å². The van der Waals surface area contributed by atoms with Crippen LogP contribution in [0.3, 0.4) is 0 Å². The van der Waals surface area contributed by atoms with E-state index < -0.39 is 5.91 Å². The summed E-state index contributed by atoms with van der Waals surface area (Å²) in [6.07, 6.45) is 1.40. The van der Waals surface area contributed by atoms with Crippen LogP contribution >= 0.6 is 11.6 Å². The summed E-state index contributed by atoms with van der Waals surface area (Å²) in [5.74, 6) is -0.169. The summed E-state index contributed by atoms with van der Waals surface area (Å²) in [5, 5.41) is 8.32. The molecule has 0 unspecified atom stereocenters. The number of amides is 2. The topological polar surface area (TPSA) is 92.4 Å². The minimum absolute atomic E-state index is 0.127. The van der Waals surface area contributed by atoms with Gasteiger partial charge in [0.25, 0.3) is 5.91 Å². The Morgan fingerprint density at radius 1 is 1.38 bits per heavy atom. The molecule has 1 aromatic rings. The van der Waals surface area contributed by atoms with Gasteiger partial charge in [0, 0.05) is 26.4 Å². The zero-order valence-corrected chi connectivity index (χ0v) is 12.8. The van der Waals surface area contributed by atoms with Crippen molar-refractivity contribution in [2.45, 2.75) is 6.92 Å². The number of carbonyl (C=O) groups excluding carboxylic acids is 2. The maximum atomic E-state index is 12.0. The Morgan fingerprint density at radius 2 is 2.14 bits per heavy atom. The van der Waals surface area contributed by atoms with Crippen LogP contribution in [0.2, 0.25) is 5.02 Å². The molecule has 116 valence electrons. The van der Waals surface area contributed by atoms with Gasteiger partial charge in [-0.2, -0.15) is 0 Å². The van der Waals surface area contributed by atoms with E-state index in [1.54, 1.807) is 13.2 Å². The van der Waals surface area contributed by atoms with Gasteiger partial charge in [-0.15, -0.1) is 0 Å². The summed E-state index contributed by atoms with van der Waals surface area (Å²) in [7, 11) is 1.54. The van der Waals surface area contributed by atoms with Crippen LogP contribution < -0.4 is 16.0 Å². The number of rotatable bonds is 8. The monoisotopic (exact) mass is 314 g/mol. The van der Waals surface area contributed by atoms with Gasteiger partial charge in [-0.3, -0.25) is 9.59 Å². The normalized spacial score (nSPS) is 10.0. The van der Waals surface area contributed by atoms with Crippen LogP contribution in [0.1, 0.15) is 17.3 Å². The fourth-order valence-corrected chi connectivity index (χ4v) is 1.69. The van der Waals surface area contributed by atoms with E-state index in [0.29, 0.717) is 25.5 Å². The molecule has 0 saturated carbocycles. The molecule has 8 heteroatoms. The highest BCUT2D eigenvalue weighted by molar-refractivity contribution is 6.33. The van der Waals surface area contributed by atoms with Gasteiger partial charge >= 0.3 is 0 Å². The molecule has 0 aliphatic heterocycles. The Hall–Kier alpha value is -1.86. The third-order valence-corrected chi connectivity index (χ3v) is 2.80. The highest BCUT2D eigenvalue weighted by Gasteiger charge is 2.13. The van der Waals surface area contributed by atoms with E-state index >= 15 is 0 Å². The predicted octanol–water partition coefficient (Wildman–Crippen LogP) is 0.659. The molecule has 0 aromatic carbocycles. The highest BCUT2D eigenvalue weighted by atomic mass is 35.5. The van der Waals surface area contributed by atoms with Crippen LogP contribution in [-0.4, -0.2) is 50.1 Å². The predicted molar refractivity (Wildman–Crippen MR) is 80.6 cm³/mol. The Balaban J connectivity index is 2.55. The molecule has 21 heavy (non-hydrogen) atoms. The number of carbonyl (C=O) groups is 2. The zero-order valence-electron chi connectivity index (χ0n) is 12.0. The van der Waals surface area contributed by atoms with E-state index in [1.807, 2.05) is 6.92 Å². The summed E-state index contributed by atoms with van der Waals surface area (Å²) in [6.45, 7) is 3.28. The molecule has 0 aliphatic carbocycles. The van der Waals surface area contributed by atoms with Crippen molar-refractivity contribution in [2.75, 3.05) is 38.7 Å². The van der Waals surface area contributed by atoms with Crippen LogP contribution in [0, 0.1) is 0 Å². The van der Waals surface area contributed by atoms with Crippen molar-refractivity contribution in [3.63, 3.8) is 0 Å². The number of pyridine rings is 1. The fraction of sp³-hybridized carbons (Fsp3) is 0.462. The molecule has 3 N–H and O–H groups in total. The quantitative estimate of drug-likeness (QED) is 0.613. The van der Waals surface area contributed by atoms with E-state index in [9.17, 15) is 9.59 Å². The number of nitrogens with zero attached hydrogens (tertiary/aromatic N) is 1. The lowest BCUT2D eigenvalue weighted by Gasteiger charge is -2.09. The van der Waals surface area contributed by atoms with Gasteiger partial charge in [0.1, 0.15) is 5.82 Å². The van der Waals surface area contributed by atoms with E-state index in [-0.39, 0.29) is 23.0 Å². The van der Waals surface area contributed by atoms with E-state index in [4.69, 9.17) is 16.3 Å². The second-order valence-electron chi connectivity index (χ2n) is 4.11. The number of methoxy groups -OCH3 is 1. The number of aromatic nitrogens is 1. The summed E-state index contributed by atoms with van der Waals surface area (Å²) in [5.41, 5.74) is 0.271. The molecule has 2 amide bonds. The molecule has 0 aliphatic rings. The lowest BCUT2D eigenvalue weighted by molar-refractivity contribution is -0.120. The first-order valence-electron chi connectivity index (χ1n) is 6.51. The van der Waals surface area contributed by atoms with Gasteiger partial charge in [0.2, 0.25) is 5.91 Å². The van der Waals surface area contributed by atoms with Gasteiger partial charge in [-0.25, -0.2) is 4.98 Å². The van der Waals surface area contributed by atoms with Crippen molar-refractivity contribution in [1.82, 2.24) is 15.6 Å². The van der Waals surface area contributed by atoms with Gasteiger partial charge in [0.15, 0.2) is 0 Å². The van der Waals surface area contributed by atoms with Gasteiger partial charge < -0.3 is 20.7 Å². The Kier molecular flexibility index (Phi) is 7.49. The molecule has 1 rings (SSSR count). The Morgan fingerprint density at radius 3 is 2.81 bits per heavy atom. The molecular weight excluding hydrogens is 296 g/mol. The summed E-state index contributed by atoms with van der Waals surface area (Å²) in [4.78, 5) is 27.5. The minimum atomic E-state index is -0.427. The maximum absolute atomic E-state index is 12.0. The first kappa shape index (κ1) is 17.2. The molecule has 0 spiro atoms. The Bertz CT molecular complexity index is 496. The summed E-state index contributed by atoms with van der Waals surface area (Å²) < 4.78 is 4.81. The molecule has 0 atom stereocenters. The molecule has 0 bridgehead atoms. The third-order valence-electron chi connectivity index (χ3n) is 2.50. The fourth-order valence-electron chi connectivity index (χ4n) is 1.50. The smallest absolute Gasteiger partial charge is 0.253 e. The SMILES string of the molecule is CCNc1cc(C(=O)NCC(=O)NCCOC)c(Cl)cn1. The molecule has 1 aromatic heterocycles. The van der Waals surface area contributed by atoms with Crippen molar-refractivity contribution in [3.05, 3.63) is 22.8 Å². The van der Waals surface area contributed by atoms with Crippen molar-refractivity contribution in [2.24, 2.45) is 0 Å². The van der Waals surface area contributed by atoms with E-state index in [0.717, 1.165) is 0 Å². The zero-order chi connectivity index (χ0) is 15.7. The van der Waals surface area contributed by atoms with Crippen LogP contribution in [0.15, 0.2) is 12.3 Å². The van der Waals surface area contributed by atoms with Crippen molar-refractivity contribution in [3.8, 4) is 0 Å². The summed E-state index contributed by atoms with van der Waals surface area (Å²) >= 11 is 5.94. The second kappa shape index (κ2) is 9.15. The number of ether oxygens (including phenoxy) is 1. The molecule has 7 nitrogen and oxygen atoms in total. The van der Waals surface area contributed by atoms with Crippen molar-refractivity contribution < 1.29 is 14.3 Å². The second-order valence-corrected chi connectivity index (χ2v) is 4.51. The van der Waals surface area contributed by atoms with Crippen LogP contribution in [0.5, 0.6) is 0 Å². The number of hydrogen-bond acceptors (Lipinski definition) is 5. The first-order valence-corrected chi connectivity index (χ1v) is 6.89. The van der Waals surface area contributed by atoms with Crippen molar-refractivity contribution in [1.29, 1.82) is 0 Å². The number of nitrogens with one attached hydrogen (secondary N) is 3. The number of hydrogen-bond donors (Lipinski definition) is 3. The Labute approximate surface area is 128 Å². The van der Waals surface area contributed by atoms with Crippen LogP contribution in [0.25, 0.3) is 0 Å². The number of anilines is 1. The lowest BCUT2D eigenvalue weighted by Crippen LogP contribution is -2.38. The average Bonchev–Trinajstić information content (AvgIpc) is 2.47. The van der Waals surface area contributed by atoms with Crippen molar-refractivity contribution >= 4 is 29.2 Å². The first-order chi connectivity index (χ1) is 10.1. The van der Waals surface area contributed by atoms with Gasteiger partial charge in [0.05, 0.1) is 23.7 Å². The minimum Gasteiger partial charge on any atom is -0.383 e. The van der Waals surface area contributed by atoms with Crippen LogP contribution in [0.4, 0.5) is 5.82 Å². The van der Waals surface area contributed by atoms with Gasteiger partial charge in [-0.1, -0.05) is 11.6 Å². The molecule has 0 fully saturated rings. The molecule has 0 radical (unpaired) electrons. The highest BCUT2D eigenvalue weighted by Crippen LogP contribution is 2.17. The third kappa shape index (κ3) is 5.97. The molecule has 0 saturated heterocycles. The number of halogens is 1.